The van der Waals surface area contributed by atoms with E-state index in [4.69, 9.17) is 16.3 Å². The third-order valence-corrected chi connectivity index (χ3v) is 8.52. The first-order chi connectivity index (χ1) is 17.5. The molecule has 1 atom stereocenters. The molecule has 2 aromatic carbocycles. The fourth-order valence-corrected chi connectivity index (χ4v) is 6.88. The van der Waals surface area contributed by atoms with Crippen LogP contribution < -0.4 is 10.1 Å². The average Bonchev–Trinajstić information content (AvgIpc) is 3.45. The van der Waals surface area contributed by atoms with Crippen molar-refractivity contribution in [3.8, 4) is 10.8 Å². The van der Waals surface area contributed by atoms with Crippen LogP contribution in [0.5, 0.6) is 5.75 Å². The molecule has 184 valence electrons. The number of carbonyl (C=O) groups is 1. The molecule has 4 heterocycles. The van der Waals surface area contributed by atoms with Crippen molar-refractivity contribution in [3.05, 3.63) is 99.1 Å². The Kier molecular flexibility index (Phi) is 5.99. The summed E-state index contributed by atoms with van der Waals surface area (Å²) in [7, 11) is 3.83. The number of amides is 2. The molecule has 0 saturated carbocycles. The highest BCUT2D eigenvalue weighted by Crippen LogP contribution is 2.43. The van der Waals surface area contributed by atoms with Crippen LogP contribution in [0.1, 0.15) is 33.3 Å². The summed E-state index contributed by atoms with van der Waals surface area (Å²) >= 11 is 8.06. The number of benzene rings is 2. The van der Waals surface area contributed by atoms with E-state index in [9.17, 15) is 4.79 Å². The number of methoxy groups -OCH3 is 1. The second kappa shape index (κ2) is 9.32. The van der Waals surface area contributed by atoms with Crippen LogP contribution in [0.15, 0.2) is 66.9 Å². The van der Waals surface area contributed by atoms with Gasteiger partial charge >= 0.3 is 6.03 Å². The molecule has 2 amide bonds. The molecule has 8 heteroatoms. The fourth-order valence-electron chi connectivity index (χ4n) is 5.25. The van der Waals surface area contributed by atoms with Gasteiger partial charge < -0.3 is 24.4 Å². The molecule has 0 aliphatic carbocycles. The van der Waals surface area contributed by atoms with Crippen LogP contribution in [-0.4, -0.2) is 41.1 Å². The zero-order chi connectivity index (χ0) is 24.8. The number of aromatic nitrogens is 1. The number of fused-ring (bicyclic) bond motifs is 5. The second-order valence-electron chi connectivity index (χ2n) is 9.32. The Morgan fingerprint density at radius 2 is 1.92 bits per heavy atom. The normalized spacial score (nSPS) is 17.1. The Labute approximate surface area is 219 Å². The van der Waals surface area contributed by atoms with Gasteiger partial charge in [0.1, 0.15) is 10.8 Å². The first-order valence-corrected chi connectivity index (χ1v) is 13.2. The van der Waals surface area contributed by atoms with Crippen molar-refractivity contribution in [1.82, 2.24) is 14.4 Å². The molecule has 36 heavy (non-hydrogen) atoms. The molecule has 0 saturated heterocycles. The van der Waals surface area contributed by atoms with E-state index in [0.29, 0.717) is 17.3 Å². The third kappa shape index (κ3) is 4.07. The Morgan fingerprint density at radius 1 is 1.08 bits per heavy atom. The smallest absolute Gasteiger partial charge is 0.322 e. The van der Waals surface area contributed by atoms with E-state index in [2.05, 4.69) is 40.2 Å². The van der Waals surface area contributed by atoms with Gasteiger partial charge in [-0.25, -0.2) is 4.79 Å². The van der Waals surface area contributed by atoms with Gasteiger partial charge in [0.15, 0.2) is 0 Å². The summed E-state index contributed by atoms with van der Waals surface area (Å²) < 4.78 is 7.67. The number of anilines is 1. The molecule has 4 aromatic rings. The molecule has 0 fully saturated rings. The number of nitrogens with one attached hydrogen (secondary N) is 1. The Hall–Kier alpha value is -3.26. The molecule has 6 rings (SSSR count). The van der Waals surface area contributed by atoms with E-state index in [1.807, 2.05) is 52.6 Å². The summed E-state index contributed by atoms with van der Waals surface area (Å²) in [6, 6.07) is 19.0. The van der Waals surface area contributed by atoms with E-state index < -0.39 is 0 Å². The lowest BCUT2D eigenvalue weighted by Crippen LogP contribution is -2.38. The standard InChI is InChI=1S/C28H27ClN4O2S/c1-31-14-12-22-23-16-33(28(34)30-20-6-3-5-19(29)15-20)26(18-8-10-21(35-2)11-9-18)24-7-4-13-32(24)27(23)36-25(22)17-31/h3-11,13,15,26H,12,14,16-17H2,1-2H3,(H,30,34). The van der Waals surface area contributed by atoms with Gasteiger partial charge in [0, 0.05) is 40.4 Å². The zero-order valence-corrected chi connectivity index (χ0v) is 21.8. The zero-order valence-electron chi connectivity index (χ0n) is 20.2. The van der Waals surface area contributed by atoms with Crippen LogP contribution in [-0.2, 0) is 19.5 Å². The molecule has 0 bridgehead atoms. The van der Waals surface area contributed by atoms with Crippen LogP contribution in [0.3, 0.4) is 0 Å². The number of rotatable bonds is 3. The van der Waals surface area contributed by atoms with Crippen molar-refractivity contribution >= 4 is 34.7 Å². The van der Waals surface area contributed by atoms with Crippen LogP contribution in [0.4, 0.5) is 10.5 Å². The number of ether oxygens (including phenoxy) is 1. The number of hydrogen-bond acceptors (Lipinski definition) is 4. The highest BCUT2D eigenvalue weighted by Gasteiger charge is 2.36. The van der Waals surface area contributed by atoms with Crippen molar-refractivity contribution in [2.45, 2.75) is 25.6 Å². The predicted octanol–water partition coefficient (Wildman–Crippen LogP) is 6.33. The fraction of sp³-hybridized carbons (Fsp3) is 0.250. The van der Waals surface area contributed by atoms with Crippen LogP contribution in [0.25, 0.3) is 5.00 Å². The first-order valence-electron chi connectivity index (χ1n) is 12.0. The van der Waals surface area contributed by atoms with Gasteiger partial charge in [-0.2, -0.15) is 0 Å². The monoisotopic (exact) mass is 518 g/mol. The number of hydrogen-bond donors (Lipinski definition) is 1. The van der Waals surface area contributed by atoms with Gasteiger partial charge in [-0.3, -0.25) is 0 Å². The largest absolute Gasteiger partial charge is 0.497 e. The maximum absolute atomic E-state index is 14.0. The van der Waals surface area contributed by atoms with Gasteiger partial charge in [0.2, 0.25) is 0 Å². The van der Waals surface area contributed by atoms with Crippen LogP contribution >= 0.6 is 22.9 Å². The maximum atomic E-state index is 14.0. The molecule has 2 aliphatic heterocycles. The highest BCUT2D eigenvalue weighted by molar-refractivity contribution is 7.15. The third-order valence-electron chi connectivity index (χ3n) is 7.02. The number of urea groups is 1. The van der Waals surface area contributed by atoms with E-state index in [1.165, 1.54) is 21.0 Å². The van der Waals surface area contributed by atoms with E-state index in [-0.39, 0.29) is 12.1 Å². The van der Waals surface area contributed by atoms with Crippen molar-refractivity contribution < 1.29 is 9.53 Å². The molecule has 1 N–H and O–H groups in total. The first kappa shape index (κ1) is 23.2. The minimum atomic E-state index is -0.272. The Balaban J connectivity index is 1.48. The lowest BCUT2D eigenvalue weighted by Gasteiger charge is -2.32. The summed E-state index contributed by atoms with van der Waals surface area (Å²) in [5, 5.41) is 4.90. The molecular weight excluding hydrogens is 492 g/mol. The molecule has 0 spiro atoms. The quantitative estimate of drug-likeness (QED) is 0.345. The lowest BCUT2D eigenvalue weighted by molar-refractivity contribution is 0.194. The minimum absolute atomic E-state index is 0.161. The van der Waals surface area contributed by atoms with Crippen molar-refractivity contribution in [2.24, 2.45) is 0 Å². The molecule has 0 radical (unpaired) electrons. The molecular formula is C28H27ClN4O2S. The number of nitrogens with zero attached hydrogens (tertiary/aromatic N) is 3. The highest BCUT2D eigenvalue weighted by atomic mass is 35.5. The molecule has 2 aliphatic rings. The number of halogens is 1. The average molecular weight is 519 g/mol. The van der Waals surface area contributed by atoms with Crippen LogP contribution in [0, 0.1) is 0 Å². The van der Waals surface area contributed by atoms with Crippen LogP contribution in [0.2, 0.25) is 5.02 Å². The summed E-state index contributed by atoms with van der Waals surface area (Å²) in [6.45, 7) is 2.49. The van der Waals surface area contributed by atoms with Crippen molar-refractivity contribution in [1.29, 1.82) is 0 Å². The molecule has 2 aromatic heterocycles. The second-order valence-corrected chi connectivity index (χ2v) is 10.8. The van der Waals surface area contributed by atoms with Gasteiger partial charge in [-0.05, 0) is 67.1 Å². The predicted molar refractivity (Wildman–Crippen MR) is 145 cm³/mol. The summed E-state index contributed by atoms with van der Waals surface area (Å²) in [4.78, 5) is 19.7. The van der Waals surface area contributed by atoms with Gasteiger partial charge in [-0.15, -0.1) is 11.3 Å². The van der Waals surface area contributed by atoms with Crippen molar-refractivity contribution in [3.63, 3.8) is 0 Å². The Morgan fingerprint density at radius 3 is 2.69 bits per heavy atom. The van der Waals surface area contributed by atoms with E-state index in [1.54, 1.807) is 19.2 Å². The topological polar surface area (TPSA) is 49.7 Å². The van der Waals surface area contributed by atoms with E-state index >= 15 is 0 Å². The Bertz CT molecular complexity index is 1430. The van der Waals surface area contributed by atoms with Crippen molar-refractivity contribution in [2.75, 3.05) is 26.0 Å². The number of likely N-dealkylation sites (N-methyl/N-ethyl adjacent to an activating group) is 1. The summed E-state index contributed by atoms with van der Waals surface area (Å²) in [6.07, 6.45) is 3.11. The minimum Gasteiger partial charge on any atom is -0.497 e. The number of carbonyl (C=O) groups excluding carboxylic acids is 1. The summed E-state index contributed by atoms with van der Waals surface area (Å²) in [5.41, 5.74) is 5.41. The SMILES string of the molecule is COc1ccc(C2c3cccn3-c3sc4c(c3CN2C(=O)Nc2cccc(Cl)c2)CCN(C)C4)cc1. The van der Waals surface area contributed by atoms with Gasteiger partial charge in [0.25, 0.3) is 0 Å². The van der Waals surface area contributed by atoms with Gasteiger partial charge in [0.05, 0.1) is 25.4 Å². The summed E-state index contributed by atoms with van der Waals surface area (Å²) in [5.74, 6) is 0.787. The maximum Gasteiger partial charge on any atom is 0.322 e. The molecule has 1 unspecified atom stereocenters. The molecule has 6 nitrogen and oxygen atoms in total. The van der Waals surface area contributed by atoms with Gasteiger partial charge in [-0.1, -0.05) is 29.8 Å². The van der Waals surface area contributed by atoms with E-state index in [0.717, 1.165) is 36.5 Å². The lowest BCUT2D eigenvalue weighted by atomic mass is 10.00. The number of thiophene rings is 1.